The van der Waals surface area contributed by atoms with Crippen molar-refractivity contribution < 1.29 is 18.1 Å². The van der Waals surface area contributed by atoms with Gasteiger partial charge in [0, 0.05) is 28.3 Å². The molecule has 0 aliphatic carbocycles. The summed E-state index contributed by atoms with van der Waals surface area (Å²) in [4.78, 5) is 23.1. The lowest BCUT2D eigenvalue weighted by molar-refractivity contribution is -0.384. The number of hydrogen-bond donors (Lipinski definition) is 1. The normalized spacial score (nSPS) is 11.3. The van der Waals surface area contributed by atoms with Gasteiger partial charge in [0.15, 0.2) is 0 Å². The molecule has 4 aromatic carbocycles. The van der Waals surface area contributed by atoms with Gasteiger partial charge in [0.2, 0.25) is 0 Å². The largest absolute Gasteiger partial charge is 0.271 e. The number of halogens is 1. The second-order valence-electron chi connectivity index (χ2n) is 8.50. The zero-order chi connectivity index (χ0) is 28.0. The summed E-state index contributed by atoms with van der Waals surface area (Å²) in [6.07, 6.45) is 1.30. The molecule has 0 aromatic heterocycles. The van der Waals surface area contributed by atoms with Crippen molar-refractivity contribution in [2.45, 2.75) is 18.4 Å². The molecule has 0 bridgehead atoms. The van der Waals surface area contributed by atoms with E-state index in [4.69, 9.17) is 11.6 Å². The molecule has 1 N–H and O–H groups in total. The lowest BCUT2D eigenvalue weighted by atomic mass is 10.1. The average Bonchev–Trinajstić information content (AvgIpc) is 2.94. The molecule has 0 unspecified atom stereocenters. The Hall–Kier alpha value is -4.54. The van der Waals surface area contributed by atoms with Gasteiger partial charge in [-0.25, -0.2) is 13.8 Å². The van der Waals surface area contributed by atoms with Gasteiger partial charge in [-0.1, -0.05) is 60.1 Å². The minimum Gasteiger partial charge on any atom is -0.267 e. The number of rotatable bonds is 9. The first-order chi connectivity index (χ1) is 18.6. The number of amides is 1. The second-order valence-corrected chi connectivity index (χ2v) is 10.8. The molecule has 0 aliphatic rings. The first-order valence-electron chi connectivity index (χ1n) is 11.7. The minimum atomic E-state index is -3.93. The van der Waals surface area contributed by atoms with Gasteiger partial charge in [-0.05, 0) is 54.4 Å². The topological polar surface area (TPSA) is 122 Å². The molecule has 1 amide bonds. The quantitative estimate of drug-likeness (QED) is 0.159. The van der Waals surface area contributed by atoms with Crippen LogP contribution < -0.4 is 9.73 Å². The van der Waals surface area contributed by atoms with Crippen molar-refractivity contribution in [1.82, 2.24) is 5.43 Å². The number of hydrazone groups is 1. The van der Waals surface area contributed by atoms with Crippen molar-refractivity contribution in [3.63, 3.8) is 0 Å². The Morgan fingerprint density at radius 2 is 1.72 bits per heavy atom. The zero-order valence-electron chi connectivity index (χ0n) is 20.7. The first kappa shape index (κ1) is 27.5. The van der Waals surface area contributed by atoms with Crippen molar-refractivity contribution in [3.8, 4) is 0 Å². The molecule has 9 nitrogen and oxygen atoms in total. The molecule has 11 heteroatoms. The molecule has 4 rings (SSSR count). The van der Waals surface area contributed by atoms with Crippen LogP contribution in [0.1, 0.15) is 27.0 Å². The summed E-state index contributed by atoms with van der Waals surface area (Å²) in [7, 11) is -3.93. The van der Waals surface area contributed by atoms with E-state index in [0.717, 1.165) is 5.56 Å². The van der Waals surface area contributed by atoms with Crippen molar-refractivity contribution >= 4 is 45.1 Å². The lowest BCUT2D eigenvalue weighted by Gasteiger charge is -2.26. The van der Waals surface area contributed by atoms with Gasteiger partial charge < -0.3 is 0 Å². The first-order valence-corrected chi connectivity index (χ1v) is 13.5. The number of non-ortho nitro benzene ring substituents is 1. The number of nitrogens with one attached hydrogen (secondary N) is 1. The molecule has 0 spiro atoms. The van der Waals surface area contributed by atoms with Crippen LogP contribution in [0, 0.1) is 17.0 Å². The van der Waals surface area contributed by atoms with E-state index in [-0.39, 0.29) is 17.1 Å². The summed E-state index contributed by atoms with van der Waals surface area (Å²) >= 11 is 6.21. The van der Waals surface area contributed by atoms with Crippen LogP contribution >= 0.6 is 11.6 Å². The highest BCUT2D eigenvalue weighted by atomic mass is 35.5. The Labute approximate surface area is 230 Å². The smallest absolute Gasteiger partial charge is 0.267 e. The maximum absolute atomic E-state index is 13.6. The number of nitro benzene ring substituents is 1. The predicted octanol–water partition coefficient (Wildman–Crippen LogP) is 5.72. The average molecular weight is 563 g/mol. The van der Waals surface area contributed by atoms with Crippen molar-refractivity contribution in [3.05, 3.63) is 134 Å². The molecule has 0 atom stereocenters. The molecule has 4 aromatic rings. The van der Waals surface area contributed by atoms with Crippen LogP contribution in [0.3, 0.4) is 0 Å². The molecule has 198 valence electrons. The van der Waals surface area contributed by atoms with Gasteiger partial charge in [0.25, 0.3) is 21.6 Å². The number of nitrogens with zero attached hydrogens (tertiary/aromatic N) is 3. The number of hydrogen-bond acceptors (Lipinski definition) is 6. The van der Waals surface area contributed by atoms with Crippen molar-refractivity contribution in [2.75, 3.05) is 4.31 Å². The van der Waals surface area contributed by atoms with Crippen LogP contribution in [-0.2, 0) is 16.6 Å². The molecular formula is C28H23ClN4O5S. The third kappa shape index (κ3) is 6.67. The lowest BCUT2D eigenvalue weighted by Crippen LogP contribution is -2.31. The van der Waals surface area contributed by atoms with E-state index in [9.17, 15) is 23.3 Å². The predicted molar refractivity (Wildman–Crippen MR) is 151 cm³/mol. The van der Waals surface area contributed by atoms with Crippen LogP contribution in [0.2, 0.25) is 5.02 Å². The number of carbonyl (C=O) groups is 1. The monoisotopic (exact) mass is 562 g/mol. The van der Waals surface area contributed by atoms with Crippen LogP contribution in [0.15, 0.2) is 107 Å². The van der Waals surface area contributed by atoms with Gasteiger partial charge >= 0.3 is 0 Å². The number of aryl methyl sites for hydroxylation is 1. The molecule has 0 aliphatic heterocycles. The third-order valence-electron chi connectivity index (χ3n) is 5.77. The maximum Gasteiger partial charge on any atom is 0.271 e. The van der Waals surface area contributed by atoms with Crippen LogP contribution in [0.5, 0.6) is 0 Å². The van der Waals surface area contributed by atoms with Gasteiger partial charge in [0.1, 0.15) is 0 Å². The molecular weight excluding hydrogens is 540 g/mol. The van der Waals surface area contributed by atoms with E-state index < -0.39 is 20.9 Å². The Kier molecular flexibility index (Phi) is 8.38. The zero-order valence-corrected chi connectivity index (χ0v) is 22.3. The number of carbonyl (C=O) groups excluding carboxylic acids is 1. The third-order valence-corrected chi connectivity index (χ3v) is 7.78. The molecule has 0 fully saturated rings. The summed E-state index contributed by atoms with van der Waals surface area (Å²) in [5.74, 6) is -0.498. The van der Waals surface area contributed by atoms with E-state index in [1.807, 2.05) is 0 Å². The molecule has 0 saturated heterocycles. The fourth-order valence-electron chi connectivity index (χ4n) is 3.75. The second kappa shape index (κ2) is 11.9. The fourth-order valence-corrected chi connectivity index (χ4v) is 5.44. The Balaban J connectivity index is 1.54. The van der Waals surface area contributed by atoms with Gasteiger partial charge in [-0.15, -0.1) is 0 Å². The Bertz CT molecular complexity index is 1640. The molecule has 0 radical (unpaired) electrons. The van der Waals surface area contributed by atoms with Crippen LogP contribution in [-0.4, -0.2) is 25.5 Å². The minimum absolute atomic E-state index is 0.00521. The van der Waals surface area contributed by atoms with E-state index in [2.05, 4.69) is 10.5 Å². The summed E-state index contributed by atoms with van der Waals surface area (Å²) in [6.45, 7) is 1.81. The van der Waals surface area contributed by atoms with Gasteiger partial charge in [0.05, 0.1) is 28.3 Å². The molecule has 0 saturated carbocycles. The highest BCUT2D eigenvalue weighted by Crippen LogP contribution is 2.31. The van der Waals surface area contributed by atoms with Crippen LogP contribution in [0.25, 0.3) is 0 Å². The van der Waals surface area contributed by atoms with Crippen LogP contribution in [0.4, 0.5) is 11.4 Å². The van der Waals surface area contributed by atoms with E-state index >= 15 is 0 Å². The SMILES string of the molecule is Cc1ccc(Cl)cc1N(Cc1ccc(C(=O)N/N=C\c2cccc([N+](=O)[O-])c2)cc1)S(=O)(=O)c1ccccc1. The Morgan fingerprint density at radius 3 is 2.41 bits per heavy atom. The molecule has 0 heterocycles. The highest BCUT2D eigenvalue weighted by molar-refractivity contribution is 7.92. The summed E-state index contributed by atoms with van der Waals surface area (Å²) in [5, 5.41) is 15.2. The molecule has 39 heavy (non-hydrogen) atoms. The number of nitro groups is 1. The number of benzene rings is 4. The van der Waals surface area contributed by atoms with E-state index in [0.29, 0.717) is 27.4 Å². The van der Waals surface area contributed by atoms with Gasteiger partial charge in [-0.3, -0.25) is 19.2 Å². The van der Waals surface area contributed by atoms with E-state index in [1.54, 1.807) is 73.7 Å². The summed E-state index contributed by atoms with van der Waals surface area (Å²) < 4.78 is 28.6. The Morgan fingerprint density at radius 1 is 1.00 bits per heavy atom. The number of sulfonamides is 1. The van der Waals surface area contributed by atoms with Gasteiger partial charge in [-0.2, -0.15) is 5.10 Å². The fraction of sp³-hybridized carbons (Fsp3) is 0.0714. The standard InChI is InChI=1S/C28H23ClN4O5S/c1-20-10-15-24(29)17-27(20)32(39(37,38)26-8-3-2-4-9-26)19-21-11-13-23(14-12-21)28(34)31-30-18-22-6-5-7-25(16-22)33(35)36/h2-18H,19H2,1H3,(H,31,34)/b30-18-. The maximum atomic E-state index is 13.6. The number of anilines is 1. The van der Waals surface area contributed by atoms with Crippen molar-refractivity contribution in [2.24, 2.45) is 5.10 Å². The highest BCUT2D eigenvalue weighted by Gasteiger charge is 2.26. The van der Waals surface area contributed by atoms with E-state index in [1.165, 1.54) is 40.9 Å². The summed E-state index contributed by atoms with van der Waals surface area (Å²) in [6, 6.07) is 25.5. The van der Waals surface area contributed by atoms with Crippen molar-refractivity contribution in [1.29, 1.82) is 0 Å². The summed E-state index contributed by atoms with van der Waals surface area (Å²) in [5.41, 5.74) is 4.87.